The molecule has 1 heterocycles. The minimum absolute atomic E-state index is 0.0602. The van der Waals surface area contributed by atoms with E-state index in [4.69, 9.17) is 10.8 Å². The molecule has 0 fully saturated rings. The van der Waals surface area contributed by atoms with Crippen LogP contribution >= 0.6 is 0 Å². The van der Waals surface area contributed by atoms with Crippen LogP contribution in [0, 0.1) is 0 Å². The summed E-state index contributed by atoms with van der Waals surface area (Å²) >= 11 is 0. The molecular weight excluding hydrogens is 160 g/mol. The van der Waals surface area contributed by atoms with E-state index in [-0.39, 0.29) is 5.56 Å². The van der Waals surface area contributed by atoms with Crippen LogP contribution in [0.1, 0.15) is 11.6 Å². The van der Waals surface area contributed by atoms with Crippen molar-refractivity contribution in [3.8, 4) is 0 Å². The third-order valence-corrected chi connectivity index (χ3v) is 1.45. The van der Waals surface area contributed by atoms with Gasteiger partial charge < -0.3 is 15.8 Å². The number of aromatic nitrogens is 1. The number of carboxylic acids is 1. The summed E-state index contributed by atoms with van der Waals surface area (Å²) in [6, 6.07) is 1.66. The average molecular weight is 168 g/mol. The highest BCUT2D eigenvalue weighted by Gasteiger charge is 2.16. The average Bonchev–Trinajstić information content (AvgIpc) is 2.04. The maximum absolute atomic E-state index is 11.0. The summed E-state index contributed by atoms with van der Waals surface area (Å²) in [5.74, 6) is -1.22. The second-order valence-electron chi connectivity index (χ2n) is 2.27. The van der Waals surface area contributed by atoms with Crippen LogP contribution in [0.25, 0.3) is 0 Å². The molecule has 5 heteroatoms. The Bertz CT molecular complexity index is 345. The van der Waals surface area contributed by atoms with Crippen LogP contribution in [0.3, 0.4) is 0 Å². The van der Waals surface area contributed by atoms with E-state index >= 15 is 0 Å². The molecule has 0 aliphatic carbocycles. The maximum atomic E-state index is 11.0. The van der Waals surface area contributed by atoms with Gasteiger partial charge in [0.25, 0.3) is 5.56 Å². The molecule has 0 saturated heterocycles. The molecule has 5 nitrogen and oxygen atoms in total. The van der Waals surface area contributed by atoms with Crippen LogP contribution in [-0.4, -0.2) is 16.1 Å². The van der Waals surface area contributed by atoms with Crippen LogP contribution < -0.4 is 11.3 Å². The molecule has 0 amide bonds. The van der Waals surface area contributed by atoms with Crippen LogP contribution in [0.4, 0.5) is 0 Å². The Morgan fingerprint density at radius 3 is 2.83 bits per heavy atom. The molecule has 1 atom stereocenters. The summed E-state index contributed by atoms with van der Waals surface area (Å²) in [4.78, 5) is 23.7. The number of carboxylic acid groups (broad SMARTS) is 1. The normalized spacial score (nSPS) is 12.4. The Hall–Kier alpha value is -1.62. The summed E-state index contributed by atoms with van der Waals surface area (Å²) < 4.78 is 0. The van der Waals surface area contributed by atoms with Gasteiger partial charge in [0.2, 0.25) is 0 Å². The lowest BCUT2D eigenvalue weighted by molar-refractivity contribution is -0.138. The van der Waals surface area contributed by atoms with E-state index in [1.807, 2.05) is 0 Å². The zero-order valence-electron chi connectivity index (χ0n) is 6.15. The lowest BCUT2D eigenvalue weighted by Gasteiger charge is -2.03. The second-order valence-corrected chi connectivity index (χ2v) is 2.27. The molecule has 1 aromatic rings. The van der Waals surface area contributed by atoms with Crippen molar-refractivity contribution in [3.05, 3.63) is 34.2 Å². The molecule has 1 unspecified atom stereocenters. The highest BCUT2D eigenvalue weighted by atomic mass is 16.4. The first kappa shape index (κ1) is 8.48. The molecule has 0 spiro atoms. The van der Waals surface area contributed by atoms with Crippen molar-refractivity contribution in [1.29, 1.82) is 0 Å². The monoisotopic (exact) mass is 168 g/mol. The number of pyridine rings is 1. The first-order valence-corrected chi connectivity index (χ1v) is 3.29. The van der Waals surface area contributed by atoms with Crippen molar-refractivity contribution in [1.82, 2.24) is 4.98 Å². The molecule has 1 rings (SSSR count). The fraction of sp³-hybridized carbons (Fsp3) is 0.143. The van der Waals surface area contributed by atoms with Gasteiger partial charge in [0.05, 0.1) is 0 Å². The van der Waals surface area contributed by atoms with Crippen LogP contribution in [-0.2, 0) is 4.79 Å². The third-order valence-electron chi connectivity index (χ3n) is 1.45. The Balaban J connectivity index is 3.11. The minimum atomic E-state index is -1.25. The SMILES string of the molecule is NC(C(=O)O)c1ccc[nH]c1=O. The van der Waals surface area contributed by atoms with Gasteiger partial charge in [-0.2, -0.15) is 0 Å². The lowest BCUT2D eigenvalue weighted by atomic mass is 10.1. The zero-order valence-corrected chi connectivity index (χ0v) is 6.15. The van der Waals surface area contributed by atoms with Crippen molar-refractivity contribution in [2.24, 2.45) is 5.73 Å². The fourth-order valence-corrected chi connectivity index (χ4v) is 0.813. The van der Waals surface area contributed by atoms with E-state index < -0.39 is 17.6 Å². The van der Waals surface area contributed by atoms with Gasteiger partial charge in [0.15, 0.2) is 0 Å². The molecule has 0 aliphatic rings. The molecule has 64 valence electrons. The van der Waals surface area contributed by atoms with Gasteiger partial charge >= 0.3 is 5.97 Å². The number of hydrogen-bond donors (Lipinski definition) is 3. The summed E-state index contributed by atoms with van der Waals surface area (Å²) in [7, 11) is 0. The van der Waals surface area contributed by atoms with E-state index in [0.717, 1.165) is 0 Å². The van der Waals surface area contributed by atoms with E-state index in [1.165, 1.54) is 18.3 Å². The van der Waals surface area contributed by atoms with Gasteiger partial charge in [-0.3, -0.25) is 9.59 Å². The Morgan fingerprint density at radius 2 is 2.33 bits per heavy atom. The van der Waals surface area contributed by atoms with Gasteiger partial charge in [0.1, 0.15) is 6.04 Å². The molecule has 0 aromatic carbocycles. The largest absolute Gasteiger partial charge is 0.480 e. The van der Waals surface area contributed by atoms with Crippen molar-refractivity contribution in [2.75, 3.05) is 0 Å². The number of H-pyrrole nitrogens is 1. The van der Waals surface area contributed by atoms with Gasteiger partial charge in [-0.1, -0.05) is 0 Å². The van der Waals surface area contributed by atoms with Crippen LogP contribution in [0.2, 0.25) is 0 Å². The standard InChI is InChI=1S/C7H8N2O3/c8-5(7(11)12)4-2-1-3-9-6(4)10/h1-3,5H,8H2,(H,9,10)(H,11,12). The van der Waals surface area contributed by atoms with Crippen molar-refractivity contribution < 1.29 is 9.90 Å². The molecular formula is C7H8N2O3. The van der Waals surface area contributed by atoms with Crippen molar-refractivity contribution in [2.45, 2.75) is 6.04 Å². The number of nitrogens with one attached hydrogen (secondary N) is 1. The fourth-order valence-electron chi connectivity index (χ4n) is 0.813. The van der Waals surface area contributed by atoms with E-state index in [9.17, 15) is 9.59 Å². The summed E-state index contributed by atoms with van der Waals surface area (Å²) in [5.41, 5.74) is 4.81. The second kappa shape index (κ2) is 3.19. The predicted molar refractivity (Wildman–Crippen MR) is 41.6 cm³/mol. The summed E-state index contributed by atoms with van der Waals surface area (Å²) in [6.45, 7) is 0. The van der Waals surface area contributed by atoms with Gasteiger partial charge in [-0.15, -0.1) is 0 Å². The molecule has 0 radical (unpaired) electrons. The maximum Gasteiger partial charge on any atom is 0.325 e. The quantitative estimate of drug-likeness (QED) is 0.552. The predicted octanol–water partition coefficient (Wildman–Crippen LogP) is -0.541. The summed E-state index contributed by atoms with van der Waals surface area (Å²) in [6.07, 6.45) is 1.42. The van der Waals surface area contributed by atoms with E-state index in [1.54, 1.807) is 0 Å². The number of carbonyl (C=O) groups is 1. The van der Waals surface area contributed by atoms with Crippen molar-refractivity contribution >= 4 is 5.97 Å². The number of nitrogens with two attached hydrogens (primary N) is 1. The smallest absolute Gasteiger partial charge is 0.325 e. The minimum Gasteiger partial charge on any atom is -0.480 e. The Morgan fingerprint density at radius 1 is 1.67 bits per heavy atom. The number of aromatic amines is 1. The molecule has 0 aliphatic heterocycles. The van der Waals surface area contributed by atoms with Gasteiger partial charge in [0, 0.05) is 11.8 Å². The van der Waals surface area contributed by atoms with Crippen molar-refractivity contribution in [3.63, 3.8) is 0 Å². The number of aliphatic carboxylic acids is 1. The van der Waals surface area contributed by atoms with E-state index in [0.29, 0.717) is 0 Å². The highest BCUT2D eigenvalue weighted by molar-refractivity contribution is 5.74. The first-order chi connectivity index (χ1) is 5.63. The Labute approximate surface area is 67.8 Å². The molecule has 1 aromatic heterocycles. The third kappa shape index (κ3) is 1.51. The lowest BCUT2D eigenvalue weighted by Crippen LogP contribution is -2.27. The van der Waals surface area contributed by atoms with Gasteiger partial charge in [-0.25, -0.2) is 0 Å². The molecule has 12 heavy (non-hydrogen) atoms. The molecule has 0 bridgehead atoms. The van der Waals surface area contributed by atoms with Crippen LogP contribution in [0.5, 0.6) is 0 Å². The zero-order chi connectivity index (χ0) is 9.14. The number of rotatable bonds is 2. The first-order valence-electron chi connectivity index (χ1n) is 3.29. The molecule has 0 saturated carbocycles. The van der Waals surface area contributed by atoms with E-state index in [2.05, 4.69) is 4.98 Å². The topological polar surface area (TPSA) is 96.2 Å². The van der Waals surface area contributed by atoms with Gasteiger partial charge in [-0.05, 0) is 12.1 Å². The number of hydrogen-bond acceptors (Lipinski definition) is 3. The Kier molecular flexibility index (Phi) is 2.25. The van der Waals surface area contributed by atoms with Crippen LogP contribution in [0.15, 0.2) is 23.1 Å². The highest BCUT2D eigenvalue weighted by Crippen LogP contribution is 2.02. The summed E-state index contributed by atoms with van der Waals surface area (Å²) in [5, 5.41) is 8.48. The molecule has 4 N–H and O–H groups in total.